The highest BCUT2D eigenvalue weighted by atomic mass is 35.5. The van der Waals surface area contributed by atoms with Gasteiger partial charge in [0.25, 0.3) is 0 Å². The van der Waals surface area contributed by atoms with Gasteiger partial charge < -0.3 is 14.7 Å². The molecule has 0 radical (unpaired) electrons. The van der Waals surface area contributed by atoms with E-state index in [2.05, 4.69) is 9.88 Å². The number of halogens is 5. The number of aliphatic carboxylic acids is 1. The number of benzene rings is 2. The van der Waals surface area contributed by atoms with Gasteiger partial charge in [-0.3, -0.25) is 9.78 Å². The first-order valence-electron chi connectivity index (χ1n) is 13.0. The molecule has 1 fully saturated rings. The molecule has 0 aliphatic carbocycles. The average Bonchev–Trinajstić information content (AvgIpc) is 2.94. The van der Waals surface area contributed by atoms with Crippen molar-refractivity contribution in [1.82, 2.24) is 9.88 Å². The third-order valence-corrected chi connectivity index (χ3v) is 8.99. The molecule has 216 valence electrons. The van der Waals surface area contributed by atoms with Crippen LogP contribution in [0.15, 0.2) is 53.6 Å². The highest BCUT2D eigenvalue weighted by Gasteiger charge is 2.41. The normalized spacial score (nSPS) is 16.6. The Kier molecular flexibility index (Phi) is 9.85. The summed E-state index contributed by atoms with van der Waals surface area (Å²) in [7, 11) is 1.52. The number of hydrogen-bond acceptors (Lipinski definition) is 5. The summed E-state index contributed by atoms with van der Waals surface area (Å²) in [6, 6.07) is 10.3. The first-order chi connectivity index (χ1) is 19.0. The second kappa shape index (κ2) is 13.0. The smallest absolute Gasteiger partial charge is 0.416 e. The first kappa shape index (κ1) is 30.4. The molecule has 1 saturated heterocycles. The van der Waals surface area contributed by atoms with Crippen LogP contribution in [0, 0.1) is 5.41 Å². The zero-order valence-corrected chi connectivity index (χ0v) is 23.6. The molecule has 40 heavy (non-hydrogen) atoms. The molecule has 11 heteroatoms. The third-order valence-electron chi connectivity index (χ3n) is 7.59. The number of carboxylic acid groups (broad SMARTS) is 1. The molecule has 0 spiro atoms. The number of likely N-dealkylation sites (tertiary alicyclic amines) is 1. The minimum Gasteiger partial charge on any atom is -0.497 e. The third kappa shape index (κ3) is 7.19. The number of piperidine rings is 1. The summed E-state index contributed by atoms with van der Waals surface area (Å²) in [5.74, 6) is 0.377. The van der Waals surface area contributed by atoms with Crippen LogP contribution in [-0.4, -0.2) is 53.5 Å². The summed E-state index contributed by atoms with van der Waals surface area (Å²) < 4.78 is 59.1. The van der Waals surface area contributed by atoms with Gasteiger partial charge in [0.05, 0.1) is 28.6 Å². The van der Waals surface area contributed by atoms with E-state index in [1.165, 1.54) is 37.2 Å². The van der Waals surface area contributed by atoms with E-state index in [1.807, 2.05) is 0 Å². The fraction of sp³-hybridized carbons (Fsp3) is 0.448. The number of nitrogens with zero attached hydrogens (tertiary/aromatic N) is 2. The maximum Gasteiger partial charge on any atom is 0.416 e. The highest BCUT2D eigenvalue weighted by Crippen LogP contribution is 2.42. The maximum atomic E-state index is 15.6. The number of ether oxygens (including phenoxy) is 1. The van der Waals surface area contributed by atoms with Gasteiger partial charge in [-0.1, -0.05) is 11.6 Å². The zero-order valence-electron chi connectivity index (χ0n) is 22.0. The lowest BCUT2D eigenvalue weighted by Crippen LogP contribution is -2.44. The zero-order chi connectivity index (χ0) is 28.9. The van der Waals surface area contributed by atoms with Gasteiger partial charge >= 0.3 is 12.1 Å². The summed E-state index contributed by atoms with van der Waals surface area (Å²) in [4.78, 5) is 19.6. The highest BCUT2D eigenvalue weighted by molar-refractivity contribution is 7.99. The standard InChI is InChI=1S/C29H31ClF4N2O3S/c1-39-20-5-8-25-22(17-20)26(23(30)18-35-25)24(31)9-10-28(27(37)38)11-14-36(15-12-28)13-2-16-40-21-6-3-19(4-7-21)29(32,33)34/h3-8,17-18,24H,2,9-16H2,1H3,(H,37,38)/t24-/m1/s1. The molecule has 1 aliphatic rings. The fourth-order valence-electron chi connectivity index (χ4n) is 5.15. The number of thioether (sulfide) groups is 1. The number of rotatable bonds is 11. The number of hydrogen-bond donors (Lipinski definition) is 1. The minimum absolute atomic E-state index is 0.0200. The van der Waals surface area contributed by atoms with E-state index in [9.17, 15) is 23.1 Å². The van der Waals surface area contributed by atoms with E-state index in [4.69, 9.17) is 16.3 Å². The van der Waals surface area contributed by atoms with Gasteiger partial charge in [-0.05, 0) is 100.0 Å². The number of pyridine rings is 1. The molecule has 1 aliphatic heterocycles. The average molecular weight is 599 g/mol. The van der Waals surface area contributed by atoms with Crippen molar-refractivity contribution in [2.45, 2.75) is 49.3 Å². The van der Waals surface area contributed by atoms with Crippen LogP contribution in [0.4, 0.5) is 17.6 Å². The largest absolute Gasteiger partial charge is 0.497 e. The van der Waals surface area contributed by atoms with Crippen LogP contribution in [0.5, 0.6) is 5.75 Å². The maximum absolute atomic E-state index is 15.6. The lowest BCUT2D eigenvalue weighted by molar-refractivity contribution is -0.153. The van der Waals surface area contributed by atoms with Gasteiger partial charge in [-0.2, -0.15) is 13.2 Å². The van der Waals surface area contributed by atoms with E-state index in [-0.39, 0.29) is 17.9 Å². The molecule has 0 saturated carbocycles. The Balaban J connectivity index is 1.29. The molecule has 4 rings (SSSR count). The molecular weight excluding hydrogens is 568 g/mol. The predicted octanol–water partition coefficient (Wildman–Crippen LogP) is 8.06. The van der Waals surface area contributed by atoms with Gasteiger partial charge in [0.1, 0.15) is 11.9 Å². The Morgan fingerprint density at radius 3 is 2.52 bits per heavy atom. The van der Waals surface area contributed by atoms with Crippen molar-refractivity contribution in [2.75, 3.05) is 32.5 Å². The summed E-state index contributed by atoms with van der Waals surface area (Å²) in [6.07, 6.45) is -2.53. The first-order valence-corrected chi connectivity index (χ1v) is 14.4. The second-order valence-electron chi connectivity index (χ2n) is 10.1. The molecule has 5 nitrogen and oxygen atoms in total. The summed E-state index contributed by atoms with van der Waals surface area (Å²) >= 11 is 7.84. The van der Waals surface area contributed by atoms with E-state index < -0.39 is 29.3 Å². The molecule has 0 unspecified atom stereocenters. The van der Waals surface area contributed by atoms with E-state index in [1.54, 1.807) is 18.2 Å². The van der Waals surface area contributed by atoms with Crippen molar-refractivity contribution in [2.24, 2.45) is 5.41 Å². The Morgan fingerprint density at radius 1 is 1.20 bits per heavy atom. The predicted molar refractivity (Wildman–Crippen MR) is 149 cm³/mol. The van der Waals surface area contributed by atoms with E-state index in [0.717, 1.165) is 35.7 Å². The molecule has 0 bridgehead atoms. The Hall–Kier alpha value is -2.56. The van der Waals surface area contributed by atoms with Gasteiger partial charge in [0.15, 0.2) is 0 Å². The van der Waals surface area contributed by atoms with Crippen molar-refractivity contribution in [3.05, 3.63) is 64.8 Å². The van der Waals surface area contributed by atoms with Gasteiger partial charge in [0, 0.05) is 22.0 Å². The SMILES string of the molecule is COc1ccc2ncc(Cl)c([C@H](F)CCC3(C(=O)O)CCN(CCCSc4ccc(C(F)(F)F)cc4)CC3)c2c1. The van der Waals surface area contributed by atoms with Gasteiger partial charge in [0.2, 0.25) is 0 Å². The van der Waals surface area contributed by atoms with E-state index in [0.29, 0.717) is 48.1 Å². The Morgan fingerprint density at radius 2 is 1.90 bits per heavy atom. The number of carboxylic acids is 1. The van der Waals surface area contributed by atoms with Crippen molar-refractivity contribution in [3.8, 4) is 5.75 Å². The topological polar surface area (TPSA) is 62.7 Å². The molecule has 2 aromatic carbocycles. The Labute approximate surface area is 239 Å². The summed E-state index contributed by atoms with van der Waals surface area (Å²) in [5, 5.41) is 10.8. The van der Waals surface area contributed by atoms with Crippen molar-refractivity contribution in [3.63, 3.8) is 0 Å². The lowest BCUT2D eigenvalue weighted by Gasteiger charge is -2.39. The Bertz CT molecular complexity index is 1320. The van der Waals surface area contributed by atoms with Crippen molar-refractivity contribution >= 4 is 40.2 Å². The number of methoxy groups -OCH3 is 1. The molecule has 1 N–H and O–H groups in total. The number of carbonyl (C=O) groups is 1. The summed E-state index contributed by atoms with van der Waals surface area (Å²) in [6.45, 7) is 1.93. The van der Waals surface area contributed by atoms with Crippen molar-refractivity contribution < 1.29 is 32.2 Å². The quantitative estimate of drug-likeness (QED) is 0.137. The number of fused-ring (bicyclic) bond motifs is 1. The minimum atomic E-state index is -4.34. The fourth-order valence-corrected chi connectivity index (χ4v) is 6.26. The van der Waals surface area contributed by atoms with Gasteiger partial charge in [-0.25, -0.2) is 4.39 Å². The molecule has 2 heterocycles. The van der Waals surface area contributed by atoms with Crippen LogP contribution in [0.1, 0.15) is 49.4 Å². The van der Waals surface area contributed by atoms with E-state index >= 15 is 4.39 Å². The van der Waals surface area contributed by atoms with Gasteiger partial charge in [-0.15, -0.1) is 11.8 Å². The summed E-state index contributed by atoms with van der Waals surface area (Å²) in [5.41, 5.74) is -0.790. The number of aromatic nitrogens is 1. The van der Waals surface area contributed by atoms with Crippen LogP contribution < -0.4 is 4.74 Å². The molecular formula is C29H31ClF4N2O3S. The van der Waals surface area contributed by atoms with Crippen LogP contribution in [0.25, 0.3) is 10.9 Å². The monoisotopic (exact) mass is 598 g/mol. The molecule has 1 atom stereocenters. The molecule has 3 aromatic rings. The molecule has 0 amide bonds. The number of alkyl halides is 4. The van der Waals surface area contributed by atoms with Crippen molar-refractivity contribution in [1.29, 1.82) is 0 Å². The van der Waals surface area contributed by atoms with Crippen LogP contribution in [0.2, 0.25) is 5.02 Å². The molecule has 1 aromatic heterocycles. The van der Waals surface area contributed by atoms with Crippen LogP contribution >= 0.6 is 23.4 Å². The van der Waals surface area contributed by atoms with Crippen LogP contribution in [0.3, 0.4) is 0 Å². The lowest BCUT2D eigenvalue weighted by atomic mass is 9.74. The van der Waals surface area contributed by atoms with Crippen LogP contribution in [-0.2, 0) is 11.0 Å². The second-order valence-corrected chi connectivity index (χ2v) is 11.6.